The molecule has 0 unspecified atom stereocenters. The van der Waals surface area contributed by atoms with Crippen molar-refractivity contribution in [2.45, 2.75) is 6.54 Å². The number of carbonyl (C=O) groups excluding carboxylic acids is 1. The third-order valence-corrected chi connectivity index (χ3v) is 5.98. The zero-order valence-corrected chi connectivity index (χ0v) is 14.7. The fraction of sp³-hybridized carbons (Fsp3) is 0.600. The molecule has 1 N–H and O–H groups in total. The van der Waals surface area contributed by atoms with Gasteiger partial charge in [0.1, 0.15) is 5.41 Å². The first kappa shape index (κ1) is 16.5. The van der Waals surface area contributed by atoms with E-state index in [-0.39, 0.29) is 18.5 Å². The predicted molar refractivity (Wildman–Crippen MR) is 88.8 cm³/mol. The molecule has 23 heavy (non-hydrogen) atoms. The molecule has 0 aliphatic carbocycles. The number of thiophene rings is 1. The maximum absolute atomic E-state index is 12.1. The van der Waals surface area contributed by atoms with Crippen LogP contribution >= 0.6 is 22.9 Å². The van der Waals surface area contributed by atoms with Crippen LogP contribution in [0.15, 0.2) is 12.1 Å². The van der Waals surface area contributed by atoms with Gasteiger partial charge in [-0.15, -0.1) is 11.3 Å². The molecule has 0 bridgehead atoms. The third kappa shape index (κ3) is 2.93. The standard InChI is InChI=1S/C15H20ClN3O3S/c1-17(2)14(22)19-6-10-5-18(7-11-3-4-12(16)23-11)8-15(10,9-19)13(20)21/h3-4,10H,5-9H2,1-2H3,(H,20,21)/t10-,15-/m1/s1. The highest BCUT2D eigenvalue weighted by Crippen LogP contribution is 2.43. The zero-order chi connectivity index (χ0) is 16.8. The second-order valence-electron chi connectivity index (χ2n) is 6.59. The SMILES string of the molecule is CN(C)C(=O)N1C[C@H]2CN(Cc3ccc(Cl)s3)C[C@@]2(C(=O)O)C1. The van der Waals surface area contributed by atoms with Crippen molar-refractivity contribution in [1.82, 2.24) is 14.7 Å². The van der Waals surface area contributed by atoms with Crippen LogP contribution in [0.3, 0.4) is 0 Å². The first-order valence-corrected chi connectivity index (χ1v) is 8.67. The van der Waals surface area contributed by atoms with Crippen molar-refractivity contribution >= 4 is 34.9 Å². The van der Waals surface area contributed by atoms with Gasteiger partial charge in [0.15, 0.2) is 0 Å². The maximum atomic E-state index is 12.1. The number of carboxylic acids is 1. The highest BCUT2D eigenvalue weighted by Gasteiger charge is 2.58. The molecule has 0 radical (unpaired) electrons. The van der Waals surface area contributed by atoms with Crippen LogP contribution in [0.1, 0.15) is 4.88 Å². The van der Waals surface area contributed by atoms with Gasteiger partial charge in [0.05, 0.1) is 4.34 Å². The number of halogens is 1. The van der Waals surface area contributed by atoms with Gasteiger partial charge < -0.3 is 14.9 Å². The first-order valence-electron chi connectivity index (χ1n) is 7.48. The molecule has 0 aromatic carbocycles. The monoisotopic (exact) mass is 357 g/mol. The van der Waals surface area contributed by atoms with Crippen LogP contribution in [-0.2, 0) is 11.3 Å². The Morgan fingerprint density at radius 3 is 2.65 bits per heavy atom. The largest absolute Gasteiger partial charge is 0.481 e. The van der Waals surface area contributed by atoms with Gasteiger partial charge in [0.2, 0.25) is 0 Å². The number of hydrogen-bond acceptors (Lipinski definition) is 4. The van der Waals surface area contributed by atoms with E-state index in [1.165, 1.54) is 16.2 Å². The van der Waals surface area contributed by atoms with Crippen molar-refractivity contribution in [3.05, 3.63) is 21.3 Å². The number of likely N-dealkylation sites (tertiary alicyclic amines) is 2. The summed E-state index contributed by atoms with van der Waals surface area (Å²) in [6.07, 6.45) is 0. The highest BCUT2D eigenvalue weighted by molar-refractivity contribution is 7.16. The van der Waals surface area contributed by atoms with Gasteiger partial charge in [-0.2, -0.15) is 0 Å². The van der Waals surface area contributed by atoms with E-state index in [1.807, 2.05) is 12.1 Å². The molecular formula is C15H20ClN3O3S. The summed E-state index contributed by atoms with van der Waals surface area (Å²) in [5.41, 5.74) is -0.854. The Labute approximate surface area is 144 Å². The molecule has 2 saturated heterocycles. The second kappa shape index (κ2) is 5.96. The number of rotatable bonds is 3. The van der Waals surface area contributed by atoms with Gasteiger partial charge in [0, 0.05) is 57.6 Å². The molecule has 2 aliphatic heterocycles. The summed E-state index contributed by atoms with van der Waals surface area (Å²) in [6.45, 7) is 2.67. The number of aliphatic carboxylic acids is 1. The Kier molecular flexibility index (Phi) is 4.29. The lowest BCUT2D eigenvalue weighted by Crippen LogP contribution is -2.44. The van der Waals surface area contributed by atoms with Crippen LogP contribution in [0, 0.1) is 11.3 Å². The fourth-order valence-corrected chi connectivity index (χ4v) is 4.81. The fourth-order valence-electron chi connectivity index (χ4n) is 3.68. The number of carboxylic acid groups (broad SMARTS) is 1. The van der Waals surface area contributed by atoms with Crippen LogP contribution in [0.5, 0.6) is 0 Å². The Hall–Kier alpha value is -1.31. The average Bonchev–Trinajstić information content (AvgIpc) is 3.11. The molecule has 2 atom stereocenters. The average molecular weight is 358 g/mol. The van der Waals surface area contributed by atoms with E-state index in [0.29, 0.717) is 26.2 Å². The van der Waals surface area contributed by atoms with E-state index < -0.39 is 11.4 Å². The quantitative estimate of drug-likeness (QED) is 0.897. The van der Waals surface area contributed by atoms with Crippen LogP contribution in [0.4, 0.5) is 4.79 Å². The molecular weight excluding hydrogens is 338 g/mol. The molecule has 126 valence electrons. The number of urea groups is 1. The Morgan fingerprint density at radius 2 is 2.13 bits per heavy atom. The molecule has 2 fully saturated rings. The zero-order valence-electron chi connectivity index (χ0n) is 13.2. The number of amides is 2. The van der Waals surface area contributed by atoms with E-state index in [2.05, 4.69) is 4.90 Å². The topological polar surface area (TPSA) is 64.1 Å². The maximum Gasteiger partial charge on any atom is 0.319 e. The summed E-state index contributed by atoms with van der Waals surface area (Å²) in [7, 11) is 3.38. The van der Waals surface area contributed by atoms with Crippen LogP contribution in [0.2, 0.25) is 4.34 Å². The molecule has 2 amide bonds. The molecule has 8 heteroatoms. The van der Waals surface area contributed by atoms with Gasteiger partial charge in [-0.3, -0.25) is 9.69 Å². The predicted octanol–water partition coefficient (Wildman–Crippen LogP) is 1.90. The van der Waals surface area contributed by atoms with Crippen molar-refractivity contribution in [1.29, 1.82) is 0 Å². The summed E-state index contributed by atoms with van der Waals surface area (Å²) in [5, 5.41) is 9.80. The molecule has 2 aliphatic rings. The van der Waals surface area contributed by atoms with Gasteiger partial charge in [-0.05, 0) is 12.1 Å². The summed E-state index contributed by atoms with van der Waals surface area (Å²) < 4.78 is 0.745. The number of carbonyl (C=O) groups is 2. The molecule has 0 spiro atoms. The molecule has 1 aromatic rings. The normalized spacial score (nSPS) is 27.3. The smallest absolute Gasteiger partial charge is 0.319 e. The molecule has 3 rings (SSSR count). The summed E-state index contributed by atoms with van der Waals surface area (Å²) in [5.74, 6) is -0.831. The van der Waals surface area contributed by atoms with Crippen molar-refractivity contribution in [2.24, 2.45) is 11.3 Å². The molecule has 3 heterocycles. The lowest BCUT2D eigenvalue weighted by atomic mass is 9.81. The van der Waals surface area contributed by atoms with Crippen molar-refractivity contribution in [3.63, 3.8) is 0 Å². The number of hydrogen-bond donors (Lipinski definition) is 1. The van der Waals surface area contributed by atoms with E-state index in [4.69, 9.17) is 11.6 Å². The molecule has 1 aromatic heterocycles. The van der Waals surface area contributed by atoms with Gasteiger partial charge in [-0.25, -0.2) is 4.79 Å². The number of nitrogens with zero attached hydrogens (tertiary/aromatic N) is 3. The van der Waals surface area contributed by atoms with E-state index >= 15 is 0 Å². The second-order valence-corrected chi connectivity index (χ2v) is 8.39. The minimum Gasteiger partial charge on any atom is -0.481 e. The van der Waals surface area contributed by atoms with E-state index in [9.17, 15) is 14.7 Å². The Bertz CT molecular complexity index is 635. The summed E-state index contributed by atoms with van der Waals surface area (Å²) in [6, 6.07) is 3.73. The van der Waals surface area contributed by atoms with Crippen molar-refractivity contribution in [3.8, 4) is 0 Å². The number of fused-ring (bicyclic) bond motifs is 1. The van der Waals surface area contributed by atoms with Crippen LogP contribution in [-0.4, -0.2) is 72.1 Å². The van der Waals surface area contributed by atoms with Gasteiger partial charge >= 0.3 is 12.0 Å². The first-order chi connectivity index (χ1) is 10.8. The lowest BCUT2D eigenvalue weighted by molar-refractivity contribution is -0.148. The highest BCUT2D eigenvalue weighted by atomic mass is 35.5. The minimum absolute atomic E-state index is 0.0284. The van der Waals surface area contributed by atoms with Crippen LogP contribution in [0.25, 0.3) is 0 Å². The Morgan fingerprint density at radius 1 is 1.39 bits per heavy atom. The lowest BCUT2D eigenvalue weighted by Gasteiger charge is -2.26. The van der Waals surface area contributed by atoms with E-state index in [1.54, 1.807) is 19.0 Å². The van der Waals surface area contributed by atoms with Crippen molar-refractivity contribution < 1.29 is 14.7 Å². The van der Waals surface area contributed by atoms with Crippen molar-refractivity contribution in [2.75, 3.05) is 40.3 Å². The minimum atomic E-state index is -0.854. The third-order valence-electron chi connectivity index (χ3n) is 4.77. The molecule has 0 saturated carbocycles. The van der Waals surface area contributed by atoms with E-state index in [0.717, 1.165) is 9.21 Å². The summed E-state index contributed by atoms with van der Waals surface area (Å²) >= 11 is 7.48. The molecule has 6 nitrogen and oxygen atoms in total. The summed E-state index contributed by atoms with van der Waals surface area (Å²) in [4.78, 5) is 30.6. The van der Waals surface area contributed by atoms with Gasteiger partial charge in [-0.1, -0.05) is 11.6 Å². The van der Waals surface area contributed by atoms with Gasteiger partial charge in [0.25, 0.3) is 0 Å². The van der Waals surface area contributed by atoms with Crippen LogP contribution < -0.4 is 0 Å². The Balaban J connectivity index is 1.73.